The maximum Gasteiger partial charge on any atom is 0.410 e. The highest BCUT2D eigenvalue weighted by Crippen LogP contribution is 2.31. The van der Waals surface area contributed by atoms with Crippen molar-refractivity contribution in [3.8, 4) is 0 Å². The molecule has 2 N–H and O–H groups in total. The molecule has 0 aromatic rings. The van der Waals surface area contributed by atoms with Crippen LogP contribution >= 0.6 is 0 Å². The number of rotatable bonds is 5. The summed E-state index contributed by atoms with van der Waals surface area (Å²) in [6.07, 6.45) is 4.34. The van der Waals surface area contributed by atoms with Gasteiger partial charge in [0.1, 0.15) is 5.60 Å². The topological polar surface area (TPSA) is 58.8 Å². The van der Waals surface area contributed by atoms with Gasteiger partial charge < -0.3 is 15.4 Å². The number of amides is 1. The number of nitrogens with zero attached hydrogens (tertiary/aromatic N) is 2. The van der Waals surface area contributed by atoms with E-state index in [1.54, 1.807) is 0 Å². The second-order valence-electron chi connectivity index (χ2n) is 6.98. The second kappa shape index (κ2) is 6.31. The van der Waals surface area contributed by atoms with Crippen molar-refractivity contribution in [2.24, 2.45) is 5.73 Å². The smallest absolute Gasteiger partial charge is 0.410 e. The highest BCUT2D eigenvalue weighted by molar-refractivity contribution is 5.68. The van der Waals surface area contributed by atoms with Crippen LogP contribution in [0.5, 0.6) is 0 Å². The third kappa shape index (κ3) is 4.35. The zero-order valence-electron chi connectivity index (χ0n) is 13.1. The number of likely N-dealkylation sites (tertiary alicyclic amines) is 1. The third-order valence-corrected chi connectivity index (χ3v) is 3.93. The Bertz CT molecular complexity index is 337. The summed E-state index contributed by atoms with van der Waals surface area (Å²) in [5.74, 6) is 0. The first kappa shape index (κ1) is 15.6. The largest absolute Gasteiger partial charge is 0.444 e. The molecule has 2 rings (SSSR count). The van der Waals surface area contributed by atoms with Crippen molar-refractivity contribution >= 4 is 6.09 Å². The van der Waals surface area contributed by atoms with Crippen molar-refractivity contribution in [2.75, 3.05) is 26.2 Å². The van der Waals surface area contributed by atoms with Crippen LogP contribution < -0.4 is 5.73 Å². The Morgan fingerprint density at radius 3 is 2.60 bits per heavy atom. The monoisotopic (exact) mass is 283 g/mol. The average Bonchev–Trinajstić information content (AvgIpc) is 3.07. The molecule has 2 fully saturated rings. The van der Waals surface area contributed by atoms with E-state index in [9.17, 15) is 4.79 Å². The molecule has 1 aliphatic carbocycles. The average molecular weight is 283 g/mol. The molecule has 116 valence electrons. The highest BCUT2D eigenvalue weighted by atomic mass is 16.6. The third-order valence-electron chi connectivity index (χ3n) is 3.93. The molecule has 1 saturated carbocycles. The number of hydrogen-bond acceptors (Lipinski definition) is 4. The summed E-state index contributed by atoms with van der Waals surface area (Å²) >= 11 is 0. The Morgan fingerprint density at radius 1 is 1.35 bits per heavy atom. The number of carbonyl (C=O) groups excluding carboxylic acids is 1. The van der Waals surface area contributed by atoms with Gasteiger partial charge in [0, 0.05) is 31.7 Å². The number of nitrogens with two attached hydrogens (primary N) is 1. The van der Waals surface area contributed by atoms with E-state index < -0.39 is 5.60 Å². The molecule has 2 aliphatic rings. The first-order chi connectivity index (χ1) is 9.40. The fraction of sp³-hybridized carbons (Fsp3) is 0.933. The van der Waals surface area contributed by atoms with E-state index in [4.69, 9.17) is 10.5 Å². The van der Waals surface area contributed by atoms with Gasteiger partial charge in [-0.05, 0) is 53.0 Å². The minimum atomic E-state index is -0.438. The van der Waals surface area contributed by atoms with E-state index >= 15 is 0 Å². The zero-order valence-corrected chi connectivity index (χ0v) is 13.1. The number of carbonyl (C=O) groups is 1. The van der Waals surface area contributed by atoms with Crippen molar-refractivity contribution in [1.29, 1.82) is 0 Å². The van der Waals surface area contributed by atoms with Crippen molar-refractivity contribution in [1.82, 2.24) is 9.80 Å². The van der Waals surface area contributed by atoms with Gasteiger partial charge in [0.15, 0.2) is 0 Å². The van der Waals surface area contributed by atoms with Crippen LogP contribution in [-0.4, -0.2) is 59.8 Å². The van der Waals surface area contributed by atoms with E-state index in [2.05, 4.69) is 4.90 Å². The van der Waals surface area contributed by atoms with Crippen LogP contribution in [0, 0.1) is 0 Å². The molecule has 20 heavy (non-hydrogen) atoms. The first-order valence-corrected chi connectivity index (χ1v) is 7.84. The maximum atomic E-state index is 12.4. The number of hydrogen-bond donors (Lipinski definition) is 1. The van der Waals surface area contributed by atoms with Gasteiger partial charge in [0.25, 0.3) is 0 Å². The Kier molecular flexibility index (Phi) is 4.91. The zero-order chi connectivity index (χ0) is 14.8. The minimum absolute atomic E-state index is 0.186. The molecule has 0 spiro atoms. The molecule has 0 bridgehead atoms. The summed E-state index contributed by atoms with van der Waals surface area (Å²) in [5.41, 5.74) is 5.16. The molecule has 1 amide bonds. The molecule has 0 aromatic carbocycles. The Balaban J connectivity index is 1.93. The van der Waals surface area contributed by atoms with E-state index in [0.29, 0.717) is 13.1 Å². The summed E-state index contributed by atoms with van der Waals surface area (Å²) in [6, 6.07) is 1.06. The molecule has 1 saturated heterocycles. The van der Waals surface area contributed by atoms with Gasteiger partial charge in [-0.2, -0.15) is 0 Å². The van der Waals surface area contributed by atoms with Crippen molar-refractivity contribution in [3.63, 3.8) is 0 Å². The summed E-state index contributed by atoms with van der Waals surface area (Å²) < 4.78 is 5.55. The van der Waals surface area contributed by atoms with Crippen LogP contribution in [0.1, 0.15) is 46.5 Å². The molecule has 5 heteroatoms. The molecule has 1 aliphatic heterocycles. The van der Waals surface area contributed by atoms with Gasteiger partial charge in [0.05, 0.1) is 0 Å². The highest BCUT2D eigenvalue weighted by Gasteiger charge is 2.38. The molecule has 0 radical (unpaired) electrons. The SMILES string of the molecule is CC(C)(C)OC(=O)N(CCCN)[C@H]1CCN(C2CC2)C1. The minimum Gasteiger partial charge on any atom is -0.444 e. The summed E-state index contributed by atoms with van der Waals surface area (Å²) in [4.78, 5) is 16.8. The lowest BCUT2D eigenvalue weighted by atomic mass is 10.2. The summed E-state index contributed by atoms with van der Waals surface area (Å²) in [5, 5.41) is 0. The Labute approximate surface area is 122 Å². The van der Waals surface area contributed by atoms with E-state index in [-0.39, 0.29) is 12.1 Å². The fourth-order valence-electron chi connectivity index (χ4n) is 2.80. The Hall–Kier alpha value is -0.810. The molecule has 1 heterocycles. The standard InChI is InChI=1S/C15H29N3O2/c1-15(2,3)20-14(19)18(9-4-8-16)13-7-10-17(11-13)12-5-6-12/h12-13H,4-11,16H2,1-3H3/t13-/m0/s1. The maximum absolute atomic E-state index is 12.4. The van der Waals surface area contributed by atoms with E-state index in [0.717, 1.165) is 32.0 Å². The van der Waals surface area contributed by atoms with Gasteiger partial charge in [0.2, 0.25) is 0 Å². The van der Waals surface area contributed by atoms with Gasteiger partial charge >= 0.3 is 6.09 Å². The Morgan fingerprint density at radius 2 is 2.05 bits per heavy atom. The van der Waals surface area contributed by atoms with Gasteiger partial charge in [-0.25, -0.2) is 4.79 Å². The summed E-state index contributed by atoms with van der Waals surface area (Å²) in [6.45, 7) is 9.16. The van der Waals surface area contributed by atoms with E-state index in [1.165, 1.54) is 12.8 Å². The van der Waals surface area contributed by atoms with Crippen LogP contribution in [0.25, 0.3) is 0 Å². The molecule has 0 aromatic heterocycles. The fourth-order valence-corrected chi connectivity index (χ4v) is 2.80. The molecular weight excluding hydrogens is 254 g/mol. The van der Waals surface area contributed by atoms with Gasteiger partial charge in [-0.1, -0.05) is 0 Å². The lowest BCUT2D eigenvalue weighted by molar-refractivity contribution is 0.0166. The first-order valence-electron chi connectivity index (χ1n) is 7.84. The van der Waals surface area contributed by atoms with E-state index in [1.807, 2.05) is 25.7 Å². The van der Waals surface area contributed by atoms with Crippen LogP contribution in [-0.2, 0) is 4.74 Å². The quantitative estimate of drug-likeness (QED) is 0.836. The molecular formula is C15H29N3O2. The molecule has 1 atom stereocenters. The normalized spacial score (nSPS) is 23.9. The van der Waals surface area contributed by atoms with Gasteiger partial charge in [-0.15, -0.1) is 0 Å². The molecule has 5 nitrogen and oxygen atoms in total. The molecule has 0 unspecified atom stereocenters. The van der Waals surface area contributed by atoms with Crippen LogP contribution in [0.3, 0.4) is 0 Å². The lowest BCUT2D eigenvalue weighted by Crippen LogP contribution is -2.45. The van der Waals surface area contributed by atoms with Crippen LogP contribution in [0.4, 0.5) is 4.79 Å². The lowest BCUT2D eigenvalue weighted by Gasteiger charge is -2.31. The van der Waals surface area contributed by atoms with Gasteiger partial charge in [-0.3, -0.25) is 4.90 Å². The second-order valence-corrected chi connectivity index (χ2v) is 6.98. The van der Waals surface area contributed by atoms with Crippen LogP contribution in [0.2, 0.25) is 0 Å². The predicted molar refractivity (Wildman–Crippen MR) is 79.6 cm³/mol. The van der Waals surface area contributed by atoms with Crippen molar-refractivity contribution < 1.29 is 9.53 Å². The van der Waals surface area contributed by atoms with Crippen LogP contribution in [0.15, 0.2) is 0 Å². The predicted octanol–water partition coefficient (Wildman–Crippen LogP) is 1.81. The van der Waals surface area contributed by atoms with Crippen molar-refractivity contribution in [3.05, 3.63) is 0 Å². The summed E-state index contributed by atoms with van der Waals surface area (Å²) in [7, 11) is 0. The van der Waals surface area contributed by atoms with Crippen molar-refractivity contribution in [2.45, 2.75) is 64.1 Å². The number of ether oxygens (including phenoxy) is 1.